The summed E-state index contributed by atoms with van der Waals surface area (Å²) in [6.07, 6.45) is 3.59. The molecule has 2 saturated heterocycles. The van der Waals surface area contributed by atoms with Crippen molar-refractivity contribution in [1.82, 2.24) is 24.5 Å². The number of hydrogen-bond donors (Lipinski definition) is 1. The molecule has 10 heteroatoms. The van der Waals surface area contributed by atoms with Gasteiger partial charge in [-0.15, -0.1) is 0 Å². The molecule has 0 spiro atoms. The van der Waals surface area contributed by atoms with E-state index in [1.807, 2.05) is 36.2 Å². The zero-order chi connectivity index (χ0) is 24.0. The lowest BCUT2D eigenvalue weighted by molar-refractivity contribution is -0.135. The summed E-state index contributed by atoms with van der Waals surface area (Å²) in [6.45, 7) is 7.70. The molecule has 0 aliphatic carbocycles. The Morgan fingerprint density at radius 3 is 2.47 bits per heavy atom. The first-order valence-corrected chi connectivity index (χ1v) is 12.0. The number of anilines is 1. The third kappa shape index (κ3) is 3.75. The lowest BCUT2D eigenvalue weighted by atomic mass is 10.1. The summed E-state index contributed by atoms with van der Waals surface area (Å²) in [7, 11) is 3.23. The van der Waals surface area contributed by atoms with E-state index in [4.69, 9.17) is 4.99 Å². The van der Waals surface area contributed by atoms with Crippen molar-refractivity contribution in [3.63, 3.8) is 0 Å². The number of carbonyl (C=O) groups is 2. The number of unbranched alkanes of at least 4 members (excludes halogenated alkanes) is 1. The summed E-state index contributed by atoms with van der Waals surface area (Å²) in [6, 6.07) is 6.73. The van der Waals surface area contributed by atoms with Gasteiger partial charge in [0, 0.05) is 58.7 Å². The molecule has 34 heavy (non-hydrogen) atoms. The number of likely N-dealkylation sites (N-methyl/N-ethyl adjacent to an activating group) is 2. The van der Waals surface area contributed by atoms with E-state index in [2.05, 4.69) is 14.7 Å². The molecule has 10 nitrogen and oxygen atoms in total. The van der Waals surface area contributed by atoms with Gasteiger partial charge in [0.15, 0.2) is 12.2 Å². The SMILES string of the molecule is CC1=CN2C(=NC3C2C(=O)N(C)C(=O)N3C)N1CCCCN1CCN(c2ccccc2O)CC1. The van der Waals surface area contributed by atoms with E-state index < -0.39 is 12.2 Å². The second kappa shape index (κ2) is 8.83. The van der Waals surface area contributed by atoms with Crippen molar-refractivity contribution in [1.29, 1.82) is 0 Å². The second-order valence-corrected chi connectivity index (χ2v) is 9.43. The number of rotatable bonds is 6. The molecule has 3 amide bonds. The summed E-state index contributed by atoms with van der Waals surface area (Å²) < 4.78 is 0. The summed E-state index contributed by atoms with van der Waals surface area (Å²) >= 11 is 0. The summed E-state index contributed by atoms with van der Waals surface area (Å²) in [4.78, 5) is 41.4. The van der Waals surface area contributed by atoms with E-state index in [1.54, 1.807) is 18.0 Å². The van der Waals surface area contributed by atoms with E-state index in [0.29, 0.717) is 5.75 Å². The summed E-state index contributed by atoms with van der Waals surface area (Å²) in [5, 5.41) is 10.1. The zero-order valence-electron chi connectivity index (χ0n) is 20.1. The fourth-order valence-electron chi connectivity index (χ4n) is 5.31. The molecular weight excluding hydrogens is 434 g/mol. The van der Waals surface area contributed by atoms with Crippen molar-refractivity contribution in [2.24, 2.45) is 4.99 Å². The quantitative estimate of drug-likeness (QED) is 0.633. The maximum Gasteiger partial charge on any atom is 0.328 e. The molecule has 5 rings (SSSR count). The van der Waals surface area contributed by atoms with Crippen molar-refractivity contribution in [2.45, 2.75) is 32.0 Å². The van der Waals surface area contributed by atoms with Gasteiger partial charge in [-0.25, -0.2) is 9.79 Å². The van der Waals surface area contributed by atoms with Crippen molar-refractivity contribution >= 4 is 23.6 Å². The van der Waals surface area contributed by atoms with Gasteiger partial charge in [0.2, 0.25) is 5.96 Å². The second-order valence-electron chi connectivity index (χ2n) is 9.43. The van der Waals surface area contributed by atoms with Crippen molar-refractivity contribution in [2.75, 3.05) is 58.3 Å². The van der Waals surface area contributed by atoms with Crippen LogP contribution >= 0.6 is 0 Å². The molecule has 1 N–H and O–H groups in total. The first-order chi connectivity index (χ1) is 16.4. The number of carbonyl (C=O) groups excluding carboxylic acids is 2. The van der Waals surface area contributed by atoms with Gasteiger partial charge in [-0.2, -0.15) is 0 Å². The Labute approximate surface area is 200 Å². The van der Waals surface area contributed by atoms with Crippen LogP contribution in [-0.2, 0) is 4.79 Å². The minimum absolute atomic E-state index is 0.208. The highest BCUT2D eigenvalue weighted by Crippen LogP contribution is 2.33. The van der Waals surface area contributed by atoms with Gasteiger partial charge in [0.05, 0.1) is 5.69 Å². The van der Waals surface area contributed by atoms with Crippen LogP contribution in [0.2, 0.25) is 0 Å². The number of phenols is 1. The molecule has 182 valence electrons. The van der Waals surface area contributed by atoms with Gasteiger partial charge in [0.1, 0.15) is 5.75 Å². The van der Waals surface area contributed by atoms with Crippen LogP contribution in [0.5, 0.6) is 5.75 Å². The molecule has 2 unspecified atom stereocenters. The predicted octanol–water partition coefficient (Wildman–Crippen LogP) is 1.36. The predicted molar refractivity (Wildman–Crippen MR) is 129 cm³/mol. The zero-order valence-corrected chi connectivity index (χ0v) is 20.1. The first kappa shape index (κ1) is 22.5. The number of piperazine rings is 1. The molecule has 0 radical (unpaired) electrons. The maximum absolute atomic E-state index is 12.8. The van der Waals surface area contributed by atoms with E-state index in [-0.39, 0.29) is 11.9 Å². The van der Waals surface area contributed by atoms with Crippen LogP contribution < -0.4 is 4.90 Å². The number of allylic oxidation sites excluding steroid dienone is 1. The highest BCUT2D eigenvalue weighted by atomic mass is 16.3. The van der Waals surface area contributed by atoms with Gasteiger partial charge in [-0.1, -0.05) is 12.1 Å². The number of nitrogens with zero attached hydrogens (tertiary/aromatic N) is 7. The number of aromatic hydroxyl groups is 1. The molecule has 4 aliphatic rings. The van der Waals surface area contributed by atoms with Gasteiger partial charge >= 0.3 is 6.03 Å². The third-order valence-electron chi connectivity index (χ3n) is 7.32. The monoisotopic (exact) mass is 467 g/mol. The number of urea groups is 1. The van der Waals surface area contributed by atoms with Gasteiger partial charge < -0.3 is 24.7 Å². The summed E-state index contributed by atoms with van der Waals surface area (Å²) in [5.41, 5.74) is 1.99. The van der Waals surface area contributed by atoms with Crippen LogP contribution in [0.15, 0.2) is 41.2 Å². The number of fused-ring (bicyclic) bond motifs is 3. The lowest BCUT2D eigenvalue weighted by Gasteiger charge is -2.38. The average Bonchev–Trinajstić information content (AvgIpc) is 3.35. The minimum Gasteiger partial charge on any atom is -0.506 e. The number of benzene rings is 1. The number of guanidine groups is 1. The third-order valence-corrected chi connectivity index (χ3v) is 7.32. The lowest BCUT2D eigenvalue weighted by Crippen LogP contribution is -2.63. The normalized spacial score (nSPS) is 25.1. The fourth-order valence-corrected chi connectivity index (χ4v) is 5.31. The Bertz CT molecular complexity index is 1030. The molecule has 0 saturated carbocycles. The largest absolute Gasteiger partial charge is 0.506 e. The molecule has 1 aromatic carbocycles. The Balaban J connectivity index is 1.12. The Hall–Kier alpha value is -3.27. The standard InChI is InChI=1S/C24H33N7O3/c1-17-16-31-20-21(26(2)24(34)27(3)22(20)33)25-23(31)30(17)11-7-6-10-28-12-14-29(15-13-28)18-8-4-5-9-19(18)32/h4-5,8-9,16,20-21,32H,6-7,10-15H2,1-3H3. The van der Waals surface area contributed by atoms with Crippen molar-refractivity contribution in [3.05, 3.63) is 36.2 Å². The van der Waals surface area contributed by atoms with Gasteiger partial charge in [-0.05, 0) is 38.4 Å². The number of amides is 3. The number of hydrogen-bond acceptors (Lipinski definition) is 8. The highest BCUT2D eigenvalue weighted by molar-refractivity contribution is 6.04. The fraction of sp³-hybridized carbons (Fsp3) is 0.542. The Morgan fingerprint density at radius 2 is 1.74 bits per heavy atom. The first-order valence-electron chi connectivity index (χ1n) is 12.0. The van der Waals surface area contributed by atoms with Crippen LogP contribution in [0.4, 0.5) is 10.5 Å². The van der Waals surface area contributed by atoms with Crippen LogP contribution in [0.3, 0.4) is 0 Å². The van der Waals surface area contributed by atoms with Crippen molar-refractivity contribution in [3.8, 4) is 5.75 Å². The number of imide groups is 1. The van der Waals surface area contributed by atoms with E-state index in [0.717, 1.165) is 69.5 Å². The Kier molecular flexibility index (Phi) is 5.85. The number of phenolic OH excluding ortho intramolecular Hbond substituents is 1. The van der Waals surface area contributed by atoms with Crippen LogP contribution in [0.1, 0.15) is 19.8 Å². The van der Waals surface area contributed by atoms with Crippen LogP contribution in [0.25, 0.3) is 0 Å². The van der Waals surface area contributed by atoms with Crippen LogP contribution in [0, 0.1) is 0 Å². The van der Waals surface area contributed by atoms with Gasteiger partial charge in [0.25, 0.3) is 5.91 Å². The number of para-hydroxylation sites is 2. The molecule has 4 heterocycles. The average molecular weight is 468 g/mol. The molecule has 2 atom stereocenters. The maximum atomic E-state index is 12.8. The van der Waals surface area contributed by atoms with Gasteiger partial charge in [-0.3, -0.25) is 14.6 Å². The summed E-state index contributed by atoms with van der Waals surface area (Å²) in [5.74, 6) is 0.908. The highest BCUT2D eigenvalue weighted by Gasteiger charge is 2.53. The van der Waals surface area contributed by atoms with E-state index in [9.17, 15) is 14.7 Å². The van der Waals surface area contributed by atoms with Crippen LogP contribution in [-0.4, -0.2) is 113 Å². The molecule has 1 aromatic rings. The van der Waals surface area contributed by atoms with Crippen molar-refractivity contribution < 1.29 is 14.7 Å². The Morgan fingerprint density at radius 1 is 1.03 bits per heavy atom. The van der Waals surface area contributed by atoms with E-state index in [1.165, 1.54) is 11.9 Å². The smallest absolute Gasteiger partial charge is 0.328 e. The molecular formula is C24H33N7O3. The molecule has 2 fully saturated rings. The minimum atomic E-state index is -0.483. The molecule has 0 bridgehead atoms. The van der Waals surface area contributed by atoms with E-state index >= 15 is 0 Å². The number of aliphatic imine (C=N–C) groups is 1. The molecule has 4 aliphatic heterocycles. The topological polar surface area (TPSA) is 86.2 Å². The molecule has 0 aromatic heterocycles.